The summed E-state index contributed by atoms with van der Waals surface area (Å²) < 4.78 is 28.2. The third-order valence-electron chi connectivity index (χ3n) is 1.47. The molecule has 0 fully saturated rings. The summed E-state index contributed by atoms with van der Waals surface area (Å²) in [4.78, 5) is 3.73. The van der Waals surface area contributed by atoms with Crippen LogP contribution >= 0.6 is 0 Å². The topological polar surface area (TPSA) is 85.7 Å². The van der Waals surface area contributed by atoms with Gasteiger partial charge in [0.1, 0.15) is 5.69 Å². The maximum absolute atomic E-state index is 12.0. The number of alkyl halides is 2. The summed E-state index contributed by atoms with van der Waals surface area (Å²) in [6.45, 7) is -2.91. The first-order chi connectivity index (χ1) is 7.13. The van der Waals surface area contributed by atoms with Crippen LogP contribution in [0.3, 0.4) is 0 Å². The Morgan fingerprint density at radius 3 is 2.67 bits per heavy atom. The molecule has 0 atom stereocenters. The van der Waals surface area contributed by atoms with Crippen molar-refractivity contribution >= 4 is 11.6 Å². The number of nitrogens with zero attached hydrogens (tertiary/aromatic N) is 1. The monoisotopic (exact) mass is 216 g/mol. The van der Waals surface area contributed by atoms with Gasteiger partial charge in [0, 0.05) is 0 Å². The van der Waals surface area contributed by atoms with Crippen molar-refractivity contribution in [3.8, 4) is 5.75 Å². The molecule has 1 rings (SSSR count). The van der Waals surface area contributed by atoms with Crippen molar-refractivity contribution in [1.29, 1.82) is 0 Å². The number of nitrogens with two attached hydrogens (primary N) is 2. The molecule has 0 heterocycles. The van der Waals surface area contributed by atoms with E-state index in [-0.39, 0.29) is 17.4 Å². The molecule has 7 heteroatoms. The predicted octanol–water partition coefficient (Wildman–Crippen LogP) is 0.698. The van der Waals surface area contributed by atoms with Gasteiger partial charge in [0.25, 0.3) is 0 Å². The van der Waals surface area contributed by atoms with Gasteiger partial charge in [-0.15, -0.1) is 0 Å². The van der Waals surface area contributed by atoms with Crippen LogP contribution in [-0.4, -0.2) is 12.6 Å². The molecule has 0 amide bonds. The number of ether oxygens (including phenoxy) is 1. The molecule has 5 nitrogen and oxygen atoms in total. The van der Waals surface area contributed by atoms with E-state index >= 15 is 0 Å². The first-order valence-electron chi connectivity index (χ1n) is 3.98. The summed E-state index contributed by atoms with van der Waals surface area (Å²) in [6.07, 6.45) is 0. The zero-order valence-corrected chi connectivity index (χ0v) is 7.65. The Kier molecular flexibility index (Phi) is 3.81. The van der Waals surface area contributed by atoms with Gasteiger partial charge in [-0.2, -0.15) is 8.78 Å². The summed E-state index contributed by atoms with van der Waals surface area (Å²) in [7, 11) is 0. The van der Waals surface area contributed by atoms with Crippen LogP contribution in [0.25, 0.3) is 0 Å². The minimum Gasteiger partial charge on any atom is -0.433 e. The van der Waals surface area contributed by atoms with Crippen LogP contribution in [0.2, 0.25) is 0 Å². The van der Waals surface area contributed by atoms with Crippen molar-refractivity contribution in [2.45, 2.75) is 6.61 Å². The molecule has 0 radical (unpaired) electrons. The molecule has 0 aliphatic heterocycles. The maximum atomic E-state index is 12.0. The van der Waals surface area contributed by atoms with Crippen molar-refractivity contribution in [3.63, 3.8) is 0 Å². The first-order valence-corrected chi connectivity index (χ1v) is 3.98. The van der Waals surface area contributed by atoms with E-state index in [4.69, 9.17) is 11.6 Å². The number of halogens is 2. The summed E-state index contributed by atoms with van der Waals surface area (Å²) in [5, 5.41) is 0. The lowest BCUT2D eigenvalue weighted by Gasteiger charge is -2.07. The van der Waals surface area contributed by atoms with Gasteiger partial charge >= 0.3 is 6.61 Å². The number of rotatable bonds is 3. The predicted molar refractivity (Wildman–Crippen MR) is 51.7 cm³/mol. The van der Waals surface area contributed by atoms with E-state index in [2.05, 4.69) is 15.2 Å². The highest BCUT2D eigenvalue weighted by Gasteiger charge is 2.08. The molecule has 0 aliphatic carbocycles. The fraction of sp³-hybridized carbons (Fsp3) is 0.125. The minimum absolute atomic E-state index is 0.0642. The molecule has 5 N–H and O–H groups in total. The molecule has 1 aromatic carbocycles. The number of hydrazine groups is 1. The van der Waals surface area contributed by atoms with Crippen LogP contribution < -0.4 is 21.7 Å². The van der Waals surface area contributed by atoms with Gasteiger partial charge in [-0.25, -0.2) is 10.8 Å². The zero-order valence-electron chi connectivity index (χ0n) is 7.65. The Balaban J connectivity index is 2.96. The number of benzene rings is 1. The van der Waals surface area contributed by atoms with Crippen LogP contribution in [0.4, 0.5) is 14.5 Å². The highest BCUT2D eigenvalue weighted by atomic mass is 19.3. The van der Waals surface area contributed by atoms with Gasteiger partial charge < -0.3 is 10.5 Å². The van der Waals surface area contributed by atoms with Gasteiger partial charge in [-0.1, -0.05) is 12.1 Å². The normalized spacial score (nSPS) is 11.6. The minimum atomic E-state index is -2.91. The number of nitrogens with one attached hydrogen (secondary N) is 1. The van der Waals surface area contributed by atoms with E-state index in [0.717, 1.165) is 0 Å². The van der Waals surface area contributed by atoms with Crippen LogP contribution in [0, 0.1) is 0 Å². The first kappa shape index (κ1) is 11.2. The highest BCUT2D eigenvalue weighted by molar-refractivity contribution is 5.81. The van der Waals surface area contributed by atoms with Crippen LogP contribution in [-0.2, 0) is 0 Å². The maximum Gasteiger partial charge on any atom is 0.387 e. The summed E-state index contributed by atoms with van der Waals surface area (Å²) >= 11 is 0. The number of hydrogen-bond acceptors (Lipinski definition) is 3. The molecule has 82 valence electrons. The fourth-order valence-electron chi connectivity index (χ4n) is 0.907. The van der Waals surface area contributed by atoms with E-state index in [9.17, 15) is 8.78 Å². The molecule has 0 unspecified atom stereocenters. The second-order valence-electron chi connectivity index (χ2n) is 2.49. The molecule has 1 aromatic rings. The second kappa shape index (κ2) is 5.11. The van der Waals surface area contributed by atoms with Gasteiger partial charge in [-0.05, 0) is 12.1 Å². The van der Waals surface area contributed by atoms with Crippen molar-refractivity contribution < 1.29 is 13.5 Å². The number of para-hydroxylation sites is 2. The molecular weight excluding hydrogens is 206 g/mol. The lowest BCUT2D eigenvalue weighted by atomic mass is 10.3. The smallest absolute Gasteiger partial charge is 0.387 e. The Hall–Kier alpha value is -1.89. The van der Waals surface area contributed by atoms with Crippen molar-refractivity contribution in [3.05, 3.63) is 24.3 Å². The molecule has 0 saturated heterocycles. The Morgan fingerprint density at radius 1 is 1.40 bits per heavy atom. The van der Waals surface area contributed by atoms with E-state index in [1.54, 1.807) is 12.1 Å². The largest absolute Gasteiger partial charge is 0.433 e. The lowest BCUT2D eigenvalue weighted by molar-refractivity contribution is -0.0494. The second-order valence-corrected chi connectivity index (χ2v) is 2.49. The van der Waals surface area contributed by atoms with Crippen molar-refractivity contribution in [1.82, 2.24) is 5.43 Å². The average Bonchev–Trinajstić information content (AvgIpc) is 2.20. The van der Waals surface area contributed by atoms with E-state index in [0.29, 0.717) is 0 Å². The number of hydrogen-bond donors (Lipinski definition) is 3. The van der Waals surface area contributed by atoms with Gasteiger partial charge in [0.05, 0.1) is 0 Å². The molecule has 0 bridgehead atoms. The third kappa shape index (κ3) is 3.39. The molecule has 15 heavy (non-hydrogen) atoms. The van der Waals surface area contributed by atoms with Crippen molar-refractivity contribution in [2.75, 3.05) is 0 Å². The molecule has 0 aliphatic rings. The van der Waals surface area contributed by atoms with Gasteiger partial charge in [0.15, 0.2) is 5.75 Å². The number of guanidine groups is 1. The summed E-state index contributed by atoms with van der Waals surface area (Å²) in [5.74, 6) is 4.82. The quantitative estimate of drug-likeness (QED) is 0.300. The molecule has 0 saturated carbocycles. The van der Waals surface area contributed by atoms with Crippen LogP contribution in [0.5, 0.6) is 5.75 Å². The lowest BCUT2D eigenvalue weighted by Crippen LogP contribution is -2.36. The molecule has 0 aromatic heterocycles. The average molecular weight is 216 g/mol. The Morgan fingerprint density at radius 2 is 2.07 bits per heavy atom. The van der Waals surface area contributed by atoms with Gasteiger partial charge in [-0.3, -0.25) is 5.43 Å². The van der Waals surface area contributed by atoms with Crippen molar-refractivity contribution in [2.24, 2.45) is 16.6 Å². The molecule has 0 spiro atoms. The Labute approximate surface area is 84.7 Å². The highest BCUT2D eigenvalue weighted by Crippen LogP contribution is 2.27. The standard InChI is InChI=1S/C8H10F2N4O/c9-7(10)15-6-4-2-1-3-5(6)13-8(11)14-12/h1-4,7H,12H2,(H3,11,13,14). The summed E-state index contributed by atoms with van der Waals surface area (Å²) in [5.41, 5.74) is 7.53. The Bertz CT molecular complexity index is 356. The SMILES string of the molecule is NNC(N)=Nc1ccccc1OC(F)F. The van der Waals surface area contributed by atoms with Crippen LogP contribution in [0.15, 0.2) is 29.3 Å². The fourth-order valence-corrected chi connectivity index (χ4v) is 0.907. The van der Waals surface area contributed by atoms with Gasteiger partial charge in [0.2, 0.25) is 5.96 Å². The van der Waals surface area contributed by atoms with E-state index in [1.807, 2.05) is 0 Å². The van der Waals surface area contributed by atoms with E-state index < -0.39 is 6.61 Å². The third-order valence-corrected chi connectivity index (χ3v) is 1.47. The van der Waals surface area contributed by atoms with E-state index in [1.165, 1.54) is 12.1 Å². The zero-order chi connectivity index (χ0) is 11.3. The molecular formula is C8H10F2N4O. The summed E-state index contributed by atoms with van der Waals surface area (Å²) in [6, 6.07) is 5.99. The number of aliphatic imine (C=N–C) groups is 1. The van der Waals surface area contributed by atoms with Crippen LogP contribution in [0.1, 0.15) is 0 Å².